The van der Waals surface area contributed by atoms with Crippen LogP contribution in [-0.4, -0.2) is 44.3 Å². The number of hydrogen-bond acceptors (Lipinski definition) is 6. The van der Waals surface area contributed by atoms with Gasteiger partial charge in [-0.25, -0.2) is 0 Å². The second kappa shape index (κ2) is 9.33. The predicted octanol–water partition coefficient (Wildman–Crippen LogP) is 2.43. The van der Waals surface area contributed by atoms with Crippen LogP contribution >= 0.6 is 11.8 Å². The summed E-state index contributed by atoms with van der Waals surface area (Å²) in [7, 11) is 0. The van der Waals surface area contributed by atoms with Gasteiger partial charge < -0.3 is 10.6 Å². The molecule has 0 aliphatic carbocycles. The Hall–Kier alpha value is -3.20. The summed E-state index contributed by atoms with van der Waals surface area (Å²) in [4.78, 5) is 24.2. The van der Waals surface area contributed by atoms with Crippen LogP contribution < -0.4 is 10.6 Å². The summed E-state index contributed by atoms with van der Waals surface area (Å²) in [5.74, 6) is -0.450. The zero-order valence-electron chi connectivity index (χ0n) is 16.5. The molecule has 0 fully saturated rings. The lowest BCUT2D eigenvalue weighted by Crippen LogP contribution is -2.34. The first-order valence-electron chi connectivity index (χ1n) is 9.05. The normalized spacial score (nSPS) is 10.6. The van der Waals surface area contributed by atoms with Gasteiger partial charge in [-0.2, -0.15) is 4.68 Å². The maximum absolute atomic E-state index is 12.1. The summed E-state index contributed by atoms with van der Waals surface area (Å²) < 4.78 is 1.57. The molecule has 2 amide bonds. The number of amides is 2. The van der Waals surface area contributed by atoms with Crippen LogP contribution in [0, 0.1) is 20.8 Å². The topological polar surface area (TPSA) is 102 Å². The molecule has 8 nitrogen and oxygen atoms in total. The van der Waals surface area contributed by atoms with Crippen LogP contribution in [0.15, 0.2) is 47.6 Å². The van der Waals surface area contributed by atoms with Gasteiger partial charge in [-0.05, 0) is 60.5 Å². The number of aryl methyl sites for hydroxylation is 2. The van der Waals surface area contributed by atoms with E-state index < -0.39 is 0 Å². The van der Waals surface area contributed by atoms with Crippen LogP contribution in [-0.2, 0) is 9.59 Å². The van der Waals surface area contributed by atoms with E-state index in [-0.39, 0.29) is 24.1 Å². The van der Waals surface area contributed by atoms with Crippen molar-refractivity contribution in [3.8, 4) is 5.69 Å². The van der Waals surface area contributed by atoms with Crippen molar-refractivity contribution < 1.29 is 9.59 Å². The van der Waals surface area contributed by atoms with E-state index in [1.807, 2.05) is 63.2 Å². The molecule has 150 valence electrons. The molecule has 3 rings (SSSR count). The molecule has 0 spiro atoms. The van der Waals surface area contributed by atoms with Gasteiger partial charge in [0, 0.05) is 5.69 Å². The maximum atomic E-state index is 12.1. The van der Waals surface area contributed by atoms with Crippen LogP contribution in [0.2, 0.25) is 0 Å². The van der Waals surface area contributed by atoms with Crippen LogP contribution in [0.25, 0.3) is 5.69 Å². The predicted molar refractivity (Wildman–Crippen MR) is 112 cm³/mol. The first-order chi connectivity index (χ1) is 13.9. The van der Waals surface area contributed by atoms with Gasteiger partial charge in [-0.3, -0.25) is 9.59 Å². The Morgan fingerprint density at radius 2 is 1.79 bits per heavy atom. The largest absolute Gasteiger partial charge is 0.346 e. The number of thioether (sulfide) groups is 1. The molecule has 29 heavy (non-hydrogen) atoms. The first-order valence-corrected chi connectivity index (χ1v) is 10.0. The smallest absolute Gasteiger partial charge is 0.243 e. The third-order valence-corrected chi connectivity index (χ3v) is 5.30. The quantitative estimate of drug-likeness (QED) is 0.580. The van der Waals surface area contributed by atoms with Gasteiger partial charge in [0.1, 0.15) is 0 Å². The first kappa shape index (κ1) is 20.5. The Kier molecular flexibility index (Phi) is 6.61. The number of rotatable bonds is 7. The van der Waals surface area contributed by atoms with Crippen molar-refractivity contribution in [2.75, 3.05) is 17.6 Å². The van der Waals surface area contributed by atoms with Gasteiger partial charge in [-0.1, -0.05) is 41.6 Å². The molecule has 0 bridgehead atoms. The monoisotopic (exact) mass is 410 g/mol. The molecule has 0 unspecified atom stereocenters. The number of nitrogens with zero attached hydrogens (tertiary/aromatic N) is 4. The lowest BCUT2D eigenvalue weighted by Gasteiger charge is -2.11. The summed E-state index contributed by atoms with van der Waals surface area (Å²) in [6.45, 7) is 5.82. The molecular formula is C20H22N6O2S. The molecule has 0 saturated carbocycles. The zero-order chi connectivity index (χ0) is 20.8. The SMILES string of the molecule is Cc1ccc(-n2nnnc2SCC(=O)NCC(=O)Nc2cccc(C)c2C)cc1. The van der Waals surface area contributed by atoms with E-state index in [0.717, 1.165) is 28.1 Å². The van der Waals surface area contributed by atoms with Gasteiger partial charge in [0.05, 0.1) is 18.0 Å². The summed E-state index contributed by atoms with van der Waals surface area (Å²) in [6, 6.07) is 13.4. The molecule has 9 heteroatoms. The van der Waals surface area contributed by atoms with Crippen molar-refractivity contribution in [1.29, 1.82) is 0 Å². The summed E-state index contributed by atoms with van der Waals surface area (Å²) in [5.41, 5.74) is 4.79. The Morgan fingerprint density at radius 3 is 2.55 bits per heavy atom. The summed E-state index contributed by atoms with van der Waals surface area (Å²) in [6.07, 6.45) is 0. The van der Waals surface area contributed by atoms with Crippen LogP contribution in [0.4, 0.5) is 5.69 Å². The number of carbonyl (C=O) groups is 2. The number of nitrogens with one attached hydrogen (secondary N) is 2. The number of anilines is 1. The fourth-order valence-electron chi connectivity index (χ4n) is 2.56. The van der Waals surface area contributed by atoms with Gasteiger partial charge in [0.2, 0.25) is 17.0 Å². The lowest BCUT2D eigenvalue weighted by atomic mass is 10.1. The number of carbonyl (C=O) groups excluding carboxylic acids is 2. The fourth-order valence-corrected chi connectivity index (χ4v) is 3.28. The Labute approximate surface area is 173 Å². The highest BCUT2D eigenvalue weighted by molar-refractivity contribution is 7.99. The van der Waals surface area contributed by atoms with E-state index in [1.165, 1.54) is 11.8 Å². The van der Waals surface area contributed by atoms with Crippen molar-refractivity contribution in [3.63, 3.8) is 0 Å². The van der Waals surface area contributed by atoms with Crippen LogP contribution in [0.5, 0.6) is 0 Å². The second-order valence-corrected chi connectivity index (χ2v) is 7.51. The minimum Gasteiger partial charge on any atom is -0.346 e. The molecule has 3 aromatic rings. The zero-order valence-corrected chi connectivity index (χ0v) is 17.3. The molecule has 0 radical (unpaired) electrons. The highest BCUT2D eigenvalue weighted by Crippen LogP contribution is 2.19. The Bertz CT molecular complexity index is 1020. The second-order valence-electron chi connectivity index (χ2n) is 6.57. The fraction of sp³-hybridized carbons (Fsp3) is 0.250. The van der Waals surface area contributed by atoms with Gasteiger partial charge >= 0.3 is 0 Å². The molecular weight excluding hydrogens is 388 g/mol. The highest BCUT2D eigenvalue weighted by Gasteiger charge is 2.13. The minimum absolute atomic E-state index is 0.100. The van der Waals surface area contributed by atoms with E-state index in [0.29, 0.717) is 5.16 Å². The van der Waals surface area contributed by atoms with Gasteiger partial charge in [0.15, 0.2) is 0 Å². The van der Waals surface area contributed by atoms with Crippen LogP contribution in [0.3, 0.4) is 0 Å². The van der Waals surface area contributed by atoms with Crippen molar-refractivity contribution >= 4 is 29.3 Å². The standard InChI is InChI=1S/C20H22N6O2S/c1-13-7-9-16(10-8-13)26-20(23-24-25-26)29-12-19(28)21-11-18(27)22-17-6-4-5-14(2)15(17)3/h4-10H,11-12H2,1-3H3,(H,21,28)(H,22,27). The third-order valence-electron chi connectivity index (χ3n) is 4.38. The van der Waals surface area contributed by atoms with Crippen molar-refractivity contribution in [2.45, 2.75) is 25.9 Å². The van der Waals surface area contributed by atoms with Crippen LogP contribution in [0.1, 0.15) is 16.7 Å². The number of benzene rings is 2. The summed E-state index contributed by atoms with van der Waals surface area (Å²) >= 11 is 1.20. The molecule has 0 saturated heterocycles. The van der Waals surface area contributed by atoms with E-state index in [4.69, 9.17) is 0 Å². The molecule has 0 aliphatic rings. The summed E-state index contributed by atoms with van der Waals surface area (Å²) in [5, 5.41) is 17.5. The van der Waals surface area contributed by atoms with Gasteiger partial charge in [0.25, 0.3) is 0 Å². The Balaban J connectivity index is 1.49. The van der Waals surface area contributed by atoms with Crippen molar-refractivity contribution in [2.24, 2.45) is 0 Å². The van der Waals surface area contributed by atoms with Crippen molar-refractivity contribution in [1.82, 2.24) is 25.5 Å². The third kappa shape index (κ3) is 5.41. The van der Waals surface area contributed by atoms with Crippen molar-refractivity contribution in [3.05, 3.63) is 59.2 Å². The lowest BCUT2D eigenvalue weighted by molar-refractivity contribution is -0.122. The molecule has 2 N–H and O–H groups in total. The van der Waals surface area contributed by atoms with E-state index in [9.17, 15) is 9.59 Å². The molecule has 0 atom stereocenters. The molecule has 1 aromatic heterocycles. The molecule has 0 aliphatic heterocycles. The van der Waals surface area contributed by atoms with E-state index in [1.54, 1.807) is 4.68 Å². The average Bonchev–Trinajstić information content (AvgIpc) is 3.17. The Morgan fingerprint density at radius 1 is 1.03 bits per heavy atom. The number of tetrazole rings is 1. The highest BCUT2D eigenvalue weighted by atomic mass is 32.2. The maximum Gasteiger partial charge on any atom is 0.243 e. The minimum atomic E-state index is -0.276. The number of hydrogen-bond donors (Lipinski definition) is 2. The van der Waals surface area contributed by atoms with Gasteiger partial charge in [-0.15, -0.1) is 5.10 Å². The number of aromatic nitrogens is 4. The molecule has 1 heterocycles. The average molecular weight is 411 g/mol. The van der Waals surface area contributed by atoms with E-state index in [2.05, 4.69) is 26.2 Å². The van der Waals surface area contributed by atoms with E-state index >= 15 is 0 Å². The molecule has 2 aromatic carbocycles.